The van der Waals surface area contributed by atoms with Gasteiger partial charge in [-0.2, -0.15) is 0 Å². The SMILES string of the molecule is CC1(C)CC[C@]2(C(=O)O)CC[C@]3(C)C(=C2C1)CC(=O)[C@@H]1[C@@]2(C)C=CC(=O)C(C)(C)[C@@H]2CC[C@]13C. The molecule has 0 amide bonds. The van der Waals surface area contributed by atoms with E-state index in [0.29, 0.717) is 19.3 Å². The molecule has 5 aliphatic carbocycles. The van der Waals surface area contributed by atoms with Crippen LogP contribution < -0.4 is 0 Å². The molecule has 1 N–H and O–H groups in total. The van der Waals surface area contributed by atoms with Crippen molar-refractivity contribution in [1.82, 2.24) is 0 Å². The number of carbonyl (C=O) groups excluding carboxylic acids is 2. The minimum atomic E-state index is -0.798. The number of carboxylic acids is 1. The normalized spacial score (nSPS) is 46.8. The zero-order chi connectivity index (χ0) is 25.1. The molecule has 0 saturated heterocycles. The molecule has 5 rings (SSSR count). The highest BCUT2D eigenvalue weighted by Crippen LogP contribution is 2.74. The fourth-order valence-corrected chi connectivity index (χ4v) is 9.69. The molecule has 0 unspecified atom stereocenters. The van der Waals surface area contributed by atoms with Crippen molar-refractivity contribution < 1.29 is 19.5 Å². The maximum Gasteiger partial charge on any atom is 0.313 e. The van der Waals surface area contributed by atoms with Crippen LogP contribution in [0.1, 0.15) is 99.8 Å². The molecule has 3 saturated carbocycles. The number of fused-ring (bicyclic) bond motifs is 6. The third-order valence-corrected chi connectivity index (χ3v) is 11.9. The predicted molar refractivity (Wildman–Crippen MR) is 132 cm³/mol. The van der Waals surface area contributed by atoms with Gasteiger partial charge in [-0.1, -0.05) is 65.7 Å². The number of carbonyl (C=O) groups is 3. The van der Waals surface area contributed by atoms with E-state index in [9.17, 15) is 19.5 Å². The summed E-state index contributed by atoms with van der Waals surface area (Å²) in [7, 11) is 0. The number of hydrogen-bond donors (Lipinski definition) is 1. The summed E-state index contributed by atoms with van der Waals surface area (Å²) in [5, 5.41) is 10.4. The van der Waals surface area contributed by atoms with E-state index in [2.05, 4.69) is 54.5 Å². The zero-order valence-electron chi connectivity index (χ0n) is 22.1. The lowest BCUT2D eigenvalue weighted by Crippen LogP contribution is -2.65. The Morgan fingerprint density at radius 3 is 2.21 bits per heavy atom. The smallest absolute Gasteiger partial charge is 0.313 e. The van der Waals surface area contributed by atoms with E-state index in [4.69, 9.17) is 0 Å². The highest BCUT2D eigenvalue weighted by atomic mass is 16.4. The number of carboxylic acid groups (broad SMARTS) is 1. The van der Waals surface area contributed by atoms with E-state index in [1.165, 1.54) is 0 Å². The predicted octanol–water partition coefficient (Wildman–Crippen LogP) is 6.54. The minimum Gasteiger partial charge on any atom is -0.481 e. The van der Waals surface area contributed by atoms with Crippen LogP contribution in [-0.2, 0) is 14.4 Å². The quantitative estimate of drug-likeness (QED) is 0.445. The molecule has 0 radical (unpaired) electrons. The van der Waals surface area contributed by atoms with Crippen molar-refractivity contribution in [2.24, 2.45) is 44.3 Å². The van der Waals surface area contributed by atoms with Gasteiger partial charge in [0, 0.05) is 17.8 Å². The summed E-state index contributed by atoms with van der Waals surface area (Å²) in [6.45, 7) is 15.5. The van der Waals surface area contributed by atoms with Crippen LogP contribution in [0.3, 0.4) is 0 Å². The molecule has 4 nitrogen and oxygen atoms in total. The van der Waals surface area contributed by atoms with E-state index in [-0.39, 0.29) is 45.1 Å². The third kappa shape index (κ3) is 2.69. The Bertz CT molecular complexity index is 1060. The molecule has 6 atom stereocenters. The molecular weight excluding hydrogens is 424 g/mol. The molecule has 3 fully saturated rings. The van der Waals surface area contributed by atoms with Crippen molar-refractivity contribution in [3.05, 3.63) is 23.3 Å². The van der Waals surface area contributed by atoms with Crippen molar-refractivity contribution >= 4 is 17.5 Å². The molecule has 0 heterocycles. The lowest BCUT2D eigenvalue weighted by molar-refractivity contribution is -0.173. The summed E-state index contributed by atoms with van der Waals surface area (Å²) < 4.78 is 0. The van der Waals surface area contributed by atoms with Crippen LogP contribution in [0.2, 0.25) is 0 Å². The van der Waals surface area contributed by atoms with Gasteiger partial charge in [-0.25, -0.2) is 0 Å². The van der Waals surface area contributed by atoms with Gasteiger partial charge in [-0.15, -0.1) is 0 Å². The van der Waals surface area contributed by atoms with E-state index in [1.54, 1.807) is 6.08 Å². The first-order chi connectivity index (χ1) is 15.6. The summed E-state index contributed by atoms with van der Waals surface area (Å²) in [6.07, 6.45) is 9.88. The summed E-state index contributed by atoms with van der Waals surface area (Å²) in [4.78, 5) is 39.7. The molecule has 4 heteroatoms. The average molecular weight is 467 g/mol. The summed E-state index contributed by atoms with van der Waals surface area (Å²) >= 11 is 0. The van der Waals surface area contributed by atoms with Crippen LogP contribution in [0.15, 0.2) is 23.3 Å². The molecule has 0 aromatic rings. The fourth-order valence-electron chi connectivity index (χ4n) is 9.69. The van der Waals surface area contributed by atoms with Gasteiger partial charge in [0.05, 0.1) is 5.41 Å². The molecule has 0 bridgehead atoms. The van der Waals surface area contributed by atoms with Crippen LogP contribution >= 0.6 is 0 Å². The molecule has 34 heavy (non-hydrogen) atoms. The molecule has 0 aromatic carbocycles. The van der Waals surface area contributed by atoms with Crippen LogP contribution in [-0.4, -0.2) is 22.6 Å². The van der Waals surface area contributed by atoms with Gasteiger partial charge >= 0.3 is 5.97 Å². The van der Waals surface area contributed by atoms with Gasteiger partial charge in [0.25, 0.3) is 0 Å². The van der Waals surface area contributed by atoms with Crippen LogP contribution in [0.4, 0.5) is 0 Å². The van der Waals surface area contributed by atoms with Gasteiger partial charge in [-0.3, -0.25) is 14.4 Å². The first-order valence-electron chi connectivity index (χ1n) is 13.3. The van der Waals surface area contributed by atoms with Gasteiger partial charge in [0.15, 0.2) is 5.78 Å². The number of aliphatic carboxylic acids is 1. The minimum absolute atomic E-state index is 0.0560. The fraction of sp³-hybridized carbons (Fsp3) is 0.767. The summed E-state index contributed by atoms with van der Waals surface area (Å²) in [5.74, 6) is -0.269. The first kappa shape index (κ1) is 24.0. The van der Waals surface area contributed by atoms with Crippen LogP contribution in [0.5, 0.6) is 0 Å². The molecular formula is C30H42O4. The zero-order valence-corrected chi connectivity index (χ0v) is 22.1. The summed E-state index contributed by atoms with van der Waals surface area (Å²) in [6, 6.07) is 0. The monoisotopic (exact) mass is 466 g/mol. The molecule has 0 spiro atoms. The van der Waals surface area contributed by atoms with Crippen LogP contribution in [0.25, 0.3) is 0 Å². The highest BCUT2D eigenvalue weighted by Gasteiger charge is 2.70. The Morgan fingerprint density at radius 1 is 0.912 bits per heavy atom. The van der Waals surface area contributed by atoms with Crippen LogP contribution in [0, 0.1) is 44.3 Å². The Morgan fingerprint density at radius 2 is 1.56 bits per heavy atom. The number of rotatable bonds is 1. The standard InChI is InChI=1S/C30H42O4/c1-25(2)12-14-30(24(33)34)15-13-28(6)18(19(30)17-25)16-20(31)23-27(5)10-9-22(32)26(3,4)21(27)8-11-29(23,28)7/h9-10,21,23H,8,11-17H2,1-7H3,(H,33,34)/t21-,23+,27-,28+,29+,30-/m0/s1. The van der Waals surface area contributed by atoms with Crippen molar-refractivity contribution in [2.75, 3.05) is 0 Å². The van der Waals surface area contributed by atoms with E-state index >= 15 is 0 Å². The Hall–Kier alpha value is -1.71. The van der Waals surface area contributed by atoms with Crippen molar-refractivity contribution in [1.29, 1.82) is 0 Å². The summed E-state index contributed by atoms with van der Waals surface area (Å²) in [5.41, 5.74) is 0.241. The molecule has 5 aliphatic rings. The van der Waals surface area contributed by atoms with E-state index < -0.39 is 16.8 Å². The number of allylic oxidation sites excluding steroid dienone is 3. The Balaban J connectivity index is 1.70. The van der Waals surface area contributed by atoms with Gasteiger partial charge in [-0.05, 0) is 78.6 Å². The second-order valence-corrected chi connectivity index (χ2v) is 14.4. The average Bonchev–Trinajstić information content (AvgIpc) is 2.72. The number of Topliss-reactive ketones (excluding diaryl/α,β-unsaturated/α-hetero) is 1. The second kappa shape index (κ2) is 6.73. The maximum absolute atomic E-state index is 14.2. The second-order valence-electron chi connectivity index (χ2n) is 14.4. The number of hydrogen-bond acceptors (Lipinski definition) is 3. The molecule has 186 valence electrons. The Labute approximate surface area is 204 Å². The van der Waals surface area contributed by atoms with E-state index in [1.807, 2.05) is 0 Å². The van der Waals surface area contributed by atoms with Gasteiger partial charge in [0.1, 0.15) is 5.78 Å². The number of ketones is 2. The lowest BCUT2D eigenvalue weighted by Gasteiger charge is -2.68. The lowest BCUT2D eigenvalue weighted by atomic mass is 9.34. The Kier molecular flexibility index (Phi) is 4.75. The van der Waals surface area contributed by atoms with Crippen molar-refractivity contribution in [3.8, 4) is 0 Å². The van der Waals surface area contributed by atoms with Gasteiger partial charge < -0.3 is 5.11 Å². The first-order valence-corrected chi connectivity index (χ1v) is 13.3. The molecule has 0 aromatic heterocycles. The van der Waals surface area contributed by atoms with E-state index in [0.717, 1.165) is 43.3 Å². The third-order valence-electron chi connectivity index (χ3n) is 11.9. The molecule has 0 aliphatic heterocycles. The van der Waals surface area contributed by atoms with Crippen molar-refractivity contribution in [2.45, 2.75) is 99.8 Å². The topological polar surface area (TPSA) is 71.4 Å². The highest BCUT2D eigenvalue weighted by molar-refractivity contribution is 5.97. The van der Waals surface area contributed by atoms with Gasteiger partial charge in [0.2, 0.25) is 0 Å². The maximum atomic E-state index is 14.2. The van der Waals surface area contributed by atoms with Crippen molar-refractivity contribution in [3.63, 3.8) is 0 Å². The largest absolute Gasteiger partial charge is 0.481 e.